The first-order valence-electron chi connectivity index (χ1n) is 7.41. The van der Waals surface area contributed by atoms with Crippen molar-refractivity contribution in [2.24, 2.45) is 16.7 Å². The van der Waals surface area contributed by atoms with Crippen LogP contribution in [0.4, 0.5) is 0 Å². The number of hydrogen-bond donors (Lipinski definition) is 0. The van der Waals surface area contributed by atoms with Crippen molar-refractivity contribution in [1.82, 2.24) is 10.1 Å². The summed E-state index contributed by atoms with van der Waals surface area (Å²) in [6.45, 7) is 8.66. The lowest BCUT2D eigenvalue weighted by Gasteiger charge is -2.64. The first kappa shape index (κ1) is 11.7. The van der Waals surface area contributed by atoms with E-state index in [1.54, 1.807) is 6.08 Å². The molecule has 4 fully saturated rings. The molecule has 2 unspecified atom stereocenters. The van der Waals surface area contributed by atoms with Crippen LogP contribution < -0.4 is 0 Å². The molecule has 5 rings (SSSR count). The third-order valence-corrected chi connectivity index (χ3v) is 5.72. The quantitative estimate of drug-likeness (QED) is 0.806. The number of aromatic nitrogens is 2. The molecule has 1 aromatic heterocycles. The average molecular weight is 258 g/mol. The maximum atomic E-state index is 5.29. The average Bonchev–Trinajstić information content (AvgIpc) is 2.72. The van der Waals surface area contributed by atoms with Gasteiger partial charge in [-0.25, -0.2) is 0 Å². The number of rotatable bonds is 2. The molecule has 0 saturated heterocycles. The van der Waals surface area contributed by atoms with Crippen LogP contribution in [0.15, 0.2) is 11.1 Å². The zero-order valence-corrected chi connectivity index (χ0v) is 11.9. The fraction of sp³-hybridized carbons (Fsp3) is 0.750. The second kappa shape index (κ2) is 3.31. The van der Waals surface area contributed by atoms with Gasteiger partial charge in [-0.15, -0.1) is 0 Å². The molecule has 4 aliphatic carbocycles. The minimum Gasteiger partial charge on any atom is -0.335 e. The van der Waals surface area contributed by atoms with Crippen LogP contribution in [0.2, 0.25) is 0 Å². The van der Waals surface area contributed by atoms with Gasteiger partial charge in [0.15, 0.2) is 5.82 Å². The van der Waals surface area contributed by atoms with E-state index in [0.717, 1.165) is 11.7 Å². The summed E-state index contributed by atoms with van der Waals surface area (Å²) >= 11 is 0. The number of nitrogens with zero attached hydrogens (tertiary/aromatic N) is 2. The molecule has 3 nitrogen and oxygen atoms in total. The third kappa shape index (κ3) is 1.56. The molecule has 0 spiro atoms. The topological polar surface area (TPSA) is 38.9 Å². The smallest absolute Gasteiger partial charge is 0.250 e. The summed E-state index contributed by atoms with van der Waals surface area (Å²) in [6, 6.07) is 0. The summed E-state index contributed by atoms with van der Waals surface area (Å²) in [5.41, 5.74) is 1.15. The molecule has 2 atom stereocenters. The van der Waals surface area contributed by atoms with E-state index in [1.807, 2.05) is 0 Å². The van der Waals surface area contributed by atoms with Gasteiger partial charge in [0.2, 0.25) is 5.89 Å². The molecule has 4 saturated carbocycles. The maximum Gasteiger partial charge on any atom is 0.250 e. The second-order valence-electron chi connectivity index (χ2n) is 8.07. The molecule has 3 heteroatoms. The summed E-state index contributed by atoms with van der Waals surface area (Å²) in [5.74, 6) is 2.38. The van der Waals surface area contributed by atoms with E-state index in [2.05, 4.69) is 30.6 Å². The Morgan fingerprint density at radius 2 is 1.84 bits per heavy atom. The SMILES string of the molecule is C=Cc1nc(C23CC4CC(C)(CC(C)(C4)C2)C3)no1. The molecule has 4 aliphatic rings. The van der Waals surface area contributed by atoms with Crippen molar-refractivity contribution in [2.45, 2.75) is 57.8 Å². The molecule has 102 valence electrons. The van der Waals surface area contributed by atoms with Gasteiger partial charge in [0, 0.05) is 5.41 Å². The molecular formula is C16H22N2O. The molecule has 1 aromatic rings. The second-order valence-corrected chi connectivity index (χ2v) is 8.07. The van der Waals surface area contributed by atoms with Crippen molar-refractivity contribution in [3.05, 3.63) is 18.3 Å². The van der Waals surface area contributed by atoms with Crippen LogP contribution in [0, 0.1) is 16.7 Å². The van der Waals surface area contributed by atoms with Crippen LogP contribution in [-0.4, -0.2) is 10.1 Å². The van der Waals surface area contributed by atoms with Gasteiger partial charge in [-0.3, -0.25) is 0 Å². The lowest BCUT2D eigenvalue weighted by molar-refractivity contribution is -0.113. The van der Waals surface area contributed by atoms with E-state index < -0.39 is 0 Å². The van der Waals surface area contributed by atoms with Crippen molar-refractivity contribution in [3.8, 4) is 0 Å². The summed E-state index contributed by atoms with van der Waals surface area (Å²) < 4.78 is 5.29. The summed E-state index contributed by atoms with van der Waals surface area (Å²) in [4.78, 5) is 4.59. The van der Waals surface area contributed by atoms with Crippen LogP contribution >= 0.6 is 0 Å². The molecule has 1 heterocycles. The molecule has 19 heavy (non-hydrogen) atoms. The van der Waals surface area contributed by atoms with Gasteiger partial charge in [-0.05, 0) is 61.3 Å². The van der Waals surface area contributed by atoms with Crippen molar-refractivity contribution < 1.29 is 4.52 Å². The Morgan fingerprint density at radius 1 is 1.16 bits per heavy atom. The van der Waals surface area contributed by atoms with E-state index in [1.165, 1.54) is 38.5 Å². The van der Waals surface area contributed by atoms with Crippen LogP contribution in [0.1, 0.15) is 64.1 Å². The van der Waals surface area contributed by atoms with Gasteiger partial charge in [0.05, 0.1) is 0 Å². The molecule has 0 aliphatic heterocycles. The Labute approximate surface area is 114 Å². The maximum absolute atomic E-state index is 5.29. The highest BCUT2D eigenvalue weighted by molar-refractivity contribution is 5.34. The fourth-order valence-electron chi connectivity index (χ4n) is 6.23. The predicted molar refractivity (Wildman–Crippen MR) is 73.5 cm³/mol. The van der Waals surface area contributed by atoms with Crippen molar-refractivity contribution >= 4 is 6.08 Å². The van der Waals surface area contributed by atoms with Crippen LogP contribution in [0.5, 0.6) is 0 Å². The normalized spacial score (nSPS) is 47.6. The minimum absolute atomic E-state index is 0.174. The lowest BCUT2D eigenvalue weighted by atomic mass is 9.40. The van der Waals surface area contributed by atoms with E-state index in [0.29, 0.717) is 16.7 Å². The number of hydrogen-bond acceptors (Lipinski definition) is 3. The standard InChI is InChI=1S/C16H22N2O/c1-4-12-17-13(18-19-12)16-7-11-5-14(2,9-16)8-15(3,6-11)10-16/h4,11H,1,5-10H2,2-3H3. The Balaban J connectivity index is 1.80. The molecule has 0 N–H and O–H groups in total. The largest absolute Gasteiger partial charge is 0.335 e. The van der Waals surface area contributed by atoms with E-state index in [9.17, 15) is 0 Å². The molecule has 0 amide bonds. The van der Waals surface area contributed by atoms with Crippen LogP contribution in [0.3, 0.4) is 0 Å². The lowest BCUT2D eigenvalue weighted by Crippen LogP contribution is -2.57. The predicted octanol–water partition coefficient (Wildman–Crippen LogP) is 3.96. The van der Waals surface area contributed by atoms with Crippen LogP contribution in [0.25, 0.3) is 6.08 Å². The van der Waals surface area contributed by atoms with Gasteiger partial charge < -0.3 is 4.52 Å². The highest BCUT2D eigenvalue weighted by Gasteiger charge is 2.62. The first-order chi connectivity index (χ1) is 8.94. The summed E-state index contributed by atoms with van der Waals surface area (Å²) in [6.07, 6.45) is 9.57. The van der Waals surface area contributed by atoms with Gasteiger partial charge in [-0.2, -0.15) is 4.98 Å². The monoisotopic (exact) mass is 258 g/mol. The highest BCUT2D eigenvalue weighted by atomic mass is 16.5. The molecule has 4 bridgehead atoms. The zero-order valence-electron chi connectivity index (χ0n) is 11.9. The Kier molecular flexibility index (Phi) is 2.03. The molecule has 0 aromatic carbocycles. The van der Waals surface area contributed by atoms with E-state index in [4.69, 9.17) is 4.52 Å². The van der Waals surface area contributed by atoms with Crippen molar-refractivity contribution in [2.75, 3.05) is 0 Å². The third-order valence-electron chi connectivity index (χ3n) is 5.72. The molecule has 0 radical (unpaired) electrons. The zero-order chi connectivity index (χ0) is 13.3. The van der Waals surface area contributed by atoms with E-state index >= 15 is 0 Å². The Morgan fingerprint density at radius 3 is 2.37 bits per heavy atom. The Hall–Kier alpha value is -1.12. The van der Waals surface area contributed by atoms with Gasteiger partial charge in [-0.1, -0.05) is 25.6 Å². The Bertz CT molecular complexity index is 529. The van der Waals surface area contributed by atoms with Crippen LogP contribution in [-0.2, 0) is 5.41 Å². The fourth-order valence-corrected chi connectivity index (χ4v) is 6.23. The summed E-state index contributed by atoms with van der Waals surface area (Å²) in [5, 5.41) is 4.28. The minimum atomic E-state index is 0.174. The van der Waals surface area contributed by atoms with Gasteiger partial charge >= 0.3 is 0 Å². The first-order valence-corrected chi connectivity index (χ1v) is 7.41. The van der Waals surface area contributed by atoms with Gasteiger partial charge in [0.25, 0.3) is 0 Å². The highest BCUT2D eigenvalue weighted by Crippen LogP contribution is 2.69. The van der Waals surface area contributed by atoms with Crippen molar-refractivity contribution in [1.29, 1.82) is 0 Å². The summed E-state index contributed by atoms with van der Waals surface area (Å²) in [7, 11) is 0. The van der Waals surface area contributed by atoms with Crippen molar-refractivity contribution in [3.63, 3.8) is 0 Å². The molecular weight excluding hydrogens is 236 g/mol. The van der Waals surface area contributed by atoms with Gasteiger partial charge in [0.1, 0.15) is 0 Å². The van der Waals surface area contributed by atoms with E-state index in [-0.39, 0.29) is 5.41 Å².